The van der Waals surface area contributed by atoms with E-state index < -0.39 is 0 Å². The molecule has 0 bridgehead atoms. The minimum Gasteiger partial charge on any atom is -0.346 e. The van der Waals surface area contributed by atoms with Crippen molar-refractivity contribution in [2.24, 2.45) is 0 Å². The first-order chi connectivity index (χ1) is 4.70. The molecule has 3 heteroatoms. The molecule has 0 saturated carbocycles. The van der Waals surface area contributed by atoms with Crippen LogP contribution in [0.3, 0.4) is 0 Å². The van der Waals surface area contributed by atoms with Crippen molar-refractivity contribution in [1.29, 1.82) is 0 Å². The number of piperidine rings is 1. The fraction of sp³-hybridized carbons (Fsp3) is 0.714. The summed E-state index contributed by atoms with van der Waals surface area (Å²) >= 11 is 0. The zero-order valence-corrected chi connectivity index (χ0v) is 6.02. The molecule has 1 aliphatic heterocycles. The van der Waals surface area contributed by atoms with Crippen molar-refractivity contribution < 1.29 is 9.59 Å². The van der Waals surface area contributed by atoms with Gasteiger partial charge in [-0.05, 0) is 19.8 Å². The van der Waals surface area contributed by atoms with Crippen molar-refractivity contribution >= 4 is 11.7 Å². The highest BCUT2D eigenvalue weighted by atomic mass is 16.2. The van der Waals surface area contributed by atoms with E-state index in [2.05, 4.69) is 5.32 Å². The van der Waals surface area contributed by atoms with Crippen LogP contribution in [0.15, 0.2) is 0 Å². The maximum Gasteiger partial charge on any atom is 0.220 e. The molecular formula is C7H11NO2. The topological polar surface area (TPSA) is 46.2 Å². The summed E-state index contributed by atoms with van der Waals surface area (Å²) in [7, 11) is 0. The Kier molecular flexibility index (Phi) is 2.04. The summed E-state index contributed by atoms with van der Waals surface area (Å²) < 4.78 is 0. The Morgan fingerprint density at radius 1 is 1.70 bits per heavy atom. The molecule has 1 N–H and O–H groups in total. The van der Waals surface area contributed by atoms with E-state index in [0.717, 1.165) is 12.8 Å². The summed E-state index contributed by atoms with van der Waals surface area (Å²) in [5, 5.41) is 2.63. The molecule has 1 rings (SSSR count). The molecule has 1 amide bonds. The summed E-state index contributed by atoms with van der Waals surface area (Å²) in [6, 6.07) is -0.207. The largest absolute Gasteiger partial charge is 0.346 e. The third-order valence-corrected chi connectivity index (χ3v) is 1.72. The summed E-state index contributed by atoms with van der Waals surface area (Å²) in [6.07, 6.45) is 2.22. The van der Waals surface area contributed by atoms with Crippen molar-refractivity contribution in [3.05, 3.63) is 0 Å². The SMILES string of the molecule is CC(=O)[C@@H]1CCCC(=O)N1. The molecule has 0 aromatic carbocycles. The summed E-state index contributed by atoms with van der Waals surface area (Å²) in [6.45, 7) is 1.51. The first-order valence-corrected chi connectivity index (χ1v) is 3.50. The molecule has 3 nitrogen and oxygen atoms in total. The van der Waals surface area contributed by atoms with Crippen LogP contribution in [0.1, 0.15) is 26.2 Å². The average Bonchev–Trinajstić information content (AvgIpc) is 1.88. The molecule has 1 saturated heterocycles. The first-order valence-electron chi connectivity index (χ1n) is 3.50. The molecule has 10 heavy (non-hydrogen) atoms. The van der Waals surface area contributed by atoms with Gasteiger partial charge in [-0.1, -0.05) is 0 Å². The molecule has 1 atom stereocenters. The van der Waals surface area contributed by atoms with E-state index in [9.17, 15) is 9.59 Å². The van der Waals surface area contributed by atoms with Crippen molar-refractivity contribution in [3.8, 4) is 0 Å². The number of Topliss-reactive ketones (excluding diaryl/α,β-unsaturated/α-hetero) is 1. The minimum atomic E-state index is -0.207. The van der Waals surface area contributed by atoms with E-state index in [-0.39, 0.29) is 17.7 Å². The lowest BCUT2D eigenvalue weighted by Crippen LogP contribution is -2.42. The lowest BCUT2D eigenvalue weighted by Gasteiger charge is -2.20. The van der Waals surface area contributed by atoms with Gasteiger partial charge in [0.2, 0.25) is 5.91 Å². The molecule has 0 spiro atoms. The standard InChI is InChI=1S/C7H11NO2/c1-5(9)6-3-2-4-7(10)8-6/h6H,2-4H2,1H3,(H,8,10)/t6-/m0/s1. The Balaban J connectivity index is 2.47. The highest BCUT2D eigenvalue weighted by Gasteiger charge is 2.20. The molecule has 1 heterocycles. The molecule has 1 aliphatic rings. The summed E-state index contributed by atoms with van der Waals surface area (Å²) in [4.78, 5) is 21.4. The normalized spacial score (nSPS) is 25.7. The van der Waals surface area contributed by atoms with Crippen LogP contribution in [0.2, 0.25) is 0 Å². The van der Waals surface area contributed by atoms with Gasteiger partial charge < -0.3 is 5.32 Å². The van der Waals surface area contributed by atoms with E-state index in [1.807, 2.05) is 0 Å². The predicted molar refractivity (Wildman–Crippen MR) is 36.5 cm³/mol. The number of amides is 1. The first kappa shape index (κ1) is 7.25. The second-order valence-electron chi connectivity index (χ2n) is 2.62. The Hall–Kier alpha value is -0.860. The van der Waals surface area contributed by atoms with Gasteiger partial charge in [0, 0.05) is 6.42 Å². The Bertz CT molecular complexity index is 163. The number of rotatable bonds is 1. The van der Waals surface area contributed by atoms with Gasteiger partial charge in [-0.3, -0.25) is 9.59 Å². The highest BCUT2D eigenvalue weighted by Crippen LogP contribution is 2.07. The van der Waals surface area contributed by atoms with Crippen LogP contribution in [0.5, 0.6) is 0 Å². The van der Waals surface area contributed by atoms with E-state index in [1.54, 1.807) is 0 Å². The van der Waals surface area contributed by atoms with Crippen LogP contribution >= 0.6 is 0 Å². The number of carbonyl (C=O) groups is 2. The third-order valence-electron chi connectivity index (χ3n) is 1.72. The minimum absolute atomic E-state index is 0.00597. The molecule has 1 fully saturated rings. The molecule has 0 radical (unpaired) electrons. The van der Waals surface area contributed by atoms with E-state index >= 15 is 0 Å². The third kappa shape index (κ3) is 1.56. The van der Waals surface area contributed by atoms with Gasteiger partial charge in [0.05, 0.1) is 6.04 Å². The Morgan fingerprint density at radius 3 is 2.80 bits per heavy atom. The van der Waals surface area contributed by atoms with Crippen molar-refractivity contribution in [1.82, 2.24) is 5.32 Å². The van der Waals surface area contributed by atoms with Gasteiger partial charge in [-0.25, -0.2) is 0 Å². The monoisotopic (exact) mass is 141 g/mol. The van der Waals surface area contributed by atoms with E-state index in [0.29, 0.717) is 6.42 Å². The van der Waals surface area contributed by atoms with Crippen molar-refractivity contribution in [2.75, 3.05) is 0 Å². The number of nitrogens with one attached hydrogen (secondary N) is 1. The smallest absolute Gasteiger partial charge is 0.220 e. The number of carbonyl (C=O) groups excluding carboxylic acids is 2. The van der Waals surface area contributed by atoms with Crippen LogP contribution in [0.25, 0.3) is 0 Å². The van der Waals surface area contributed by atoms with Gasteiger partial charge in [-0.2, -0.15) is 0 Å². The average molecular weight is 141 g/mol. The molecule has 0 unspecified atom stereocenters. The van der Waals surface area contributed by atoms with Gasteiger partial charge in [0.15, 0.2) is 5.78 Å². The zero-order valence-electron chi connectivity index (χ0n) is 6.02. The number of hydrogen-bond donors (Lipinski definition) is 1. The van der Waals surface area contributed by atoms with Crippen LogP contribution < -0.4 is 5.32 Å². The number of ketones is 1. The fourth-order valence-electron chi connectivity index (χ4n) is 1.11. The van der Waals surface area contributed by atoms with Crippen LogP contribution in [-0.2, 0) is 9.59 Å². The van der Waals surface area contributed by atoms with Crippen LogP contribution in [0.4, 0.5) is 0 Å². The van der Waals surface area contributed by atoms with Crippen molar-refractivity contribution in [3.63, 3.8) is 0 Å². The summed E-state index contributed by atoms with van der Waals surface area (Å²) in [5.41, 5.74) is 0. The van der Waals surface area contributed by atoms with E-state index in [4.69, 9.17) is 0 Å². The molecule has 0 aromatic rings. The fourth-order valence-corrected chi connectivity index (χ4v) is 1.11. The van der Waals surface area contributed by atoms with E-state index in [1.165, 1.54) is 6.92 Å². The van der Waals surface area contributed by atoms with Gasteiger partial charge in [0.1, 0.15) is 0 Å². The second kappa shape index (κ2) is 2.82. The van der Waals surface area contributed by atoms with Gasteiger partial charge in [-0.15, -0.1) is 0 Å². The lowest BCUT2D eigenvalue weighted by molar-refractivity contribution is -0.128. The Labute approximate surface area is 59.8 Å². The maximum atomic E-state index is 10.7. The summed E-state index contributed by atoms with van der Waals surface area (Å²) in [5.74, 6) is 0.0690. The predicted octanol–water partition coefficient (Wildman–Crippen LogP) is 0.244. The molecule has 0 aromatic heterocycles. The Morgan fingerprint density at radius 2 is 2.40 bits per heavy atom. The zero-order chi connectivity index (χ0) is 7.56. The quantitative estimate of drug-likeness (QED) is 0.568. The highest BCUT2D eigenvalue weighted by molar-refractivity contribution is 5.88. The number of hydrogen-bond acceptors (Lipinski definition) is 2. The van der Waals surface area contributed by atoms with Gasteiger partial charge in [0.25, 0.3) is 0 Å². The van der Waals surface area contributed by atoms with Crippen LogP contribution in [-0.4, -0.2) is 17.7 Å². The molecule has 56 valence electrons. The van der Waals surface area contributed by atoms with Gasteiger partial charge >= 0.3 is 0 Å². The lowest BCUT2D eigenvalue weighted by atomic mass is 10.0. The molecular weight excluding hydrogens is 130 g/mol. The maximum absolute atomic E-state index is 10.7. The van der Waals surface area contributed by atoms with Crippen LogP contribution in [0, 0.1) is 0 Å². The second-order valence-corrected chi connectivity index (χ2v) is 2.62. The van der Waals surface area contributed by atoms with Crippen molar-refractivity contribution in [2.45, 2.75) is 32.2 Å². The molecule has 0 aliphatic carbocycles.